The molecule has 3 atom stereocenters. The van der Waals surface area contributed by atoms with Crippen molar-refractivity contribution >= 4 is 11.9 Å². The molecule has 1 aliphatic heterocycles. The predicted octanol–water partition coefficient (Wildman–Crippen LogP) is 0.909. The number of nitrogens with one attached hydrogen (secondary N) is 3. The van der Waals surface area contributed by atoms with Gasteiger partial charge in [0.15, 0.2) is 0 Å². The van der Waals surface area contributed by atoms with Crippen LogP contribution in [0.25, 0.3) is 0 Å². The van der Waals surface area contributed by atoms with Gasteiger partial charge in [-0.25, -0.2) is 4.79 Å². The molecule has 1 heterocycles. The number of aliphatic hydroxyl groups excluding tert-OH is 1. The maximum absolute atomic E-state index is 11.8. The SMILES string of the molecule is CC(C)NC(=O)N[C@H]1CC[C@@H](CCNC(=O)C2CCC2)O[C@@H]1CO. The first-order valence-electron chi connectivity index (χ1n) is 9.10. The summed E-state index contributed by atoms with van der Waals surface area (Å²) in [5, 5.41) is 18.2. The van der Waals surface area contributed by atoms with Gasteiger partial charge in [0, 0.05) is 18.5 Å². The molecule has 3 amide bonds. The normalized spacial score (nSPS) is 27.4. The molecule has 2 rings (SSSR count). The van der Waals surface area contributed by atoms with Gasteiger partial charge in [-0.15, -0.1) is 0 Å². The van der Waals surface area contributed by atoms with Gasteiger partial charge in [0.2, 0.25) is 5.91 Å². The Kier molecular flexibility index (Phi) is 7.30. The smallest absolute Gasteiger partial charge is 0.315 e. The quantitative estimate of drug-likeness (QED) is 0.553. The van der Waals surface area contributed by atoms with Gasteiger partial charge in [-0.05, 0) is 46.0 Å². The summed E-state index contributed by atoms with van der Waals surface area (Å²) in [5.41, 5.74) is 0. The molecule has 138 valence electrons. The highest BCUT2D eigenvalue weighted by atomic mass is 16.5. The molecule has 0 aromatic carbocycles. The van der Waals surface area contributed by atoms with Crippen LogP contribution >= 0.6 is 0 Å². The van der Waals surface area contributed by atoms with Gasteiger partial charge in [0.05, 0.1) is 18.8 Å². The Morgan fingerprint density at radius 1 is 1.21 bits per heavy atom. The van der Waals surface area contributed by atoms with E-state index in [1.165, 1.54) is 0 Å². The Hall–Kier alpha value is -1.34. The summed E-state index contributed by atoms with van der Waals surface area (Å²) in [7, 11) is 0. The van der Waals surface area contributed by atoms with Crippen molar-refractivity contribution in [3.8, 4) is 0 Å². The van der Waals surface area contributed by atoms with Crippen molar-refractivity contribution < 1.29 is 19.4 Å². The zero-order valence-corrected chi connectivity index (χ0v) is 14.7. The average Bonchev–Trinajstić information content (AvgIpc) is 2.45. The molecule has 1 saturated heterocycles. The molecule has 4 N–H and O–H groups in total. The lowest BCUT2D eigenvalue weighted by molar-refractivity contribution is -0.127. The van der Waals surface area contributed by atoms with Gasteiger partial charge in [0.25, 0.3) is 0 Å². The minimum atomic E-state index is -0.399. The molecular weight excluding hydrogens is 310 g/mol. The summed E-state index contributed by atoms with van der Waals surface area (Å²) in [5.74, 6) is 0.358. The predicted molar refractivity (Wildman–Crippen MR) is 90.5 cm³/mol. The minimum absolute atomic E-state index is 0.00931. The van der Waals surface area contributed by atoms with Crippen molar-refractivity contribution in [2.75, 3.05) is 13.2 Å². The van der Waals surface area contributed by atoms with Crippen molar-refractivity contribution in [3.63, 3.8) is 0 Å². The van der Waals surface area contributed by atoms with E-state index in [2.05, 4.69) is 16.0 Å². The van der Waals surface area contributed by atoms with Crippen LogP contribution in [-0.2, 0) is 9.53 Å². The maximum atomic E-state index is 11.8. The fourth-order valence-electron chi connectivity index (χ4n) is 3.15. The number of ether oxygens (including phenoxy) is 1. The van der Waals surface area contributed by atoms with E-state index in [0.29, 0.717) is 6.54 Å². The summed E-state index contributed by atoms with van der Waals surface area (Å²) in [6, 6.07) is -0.355. The second-order valence-corrected chi connectivity index (χ2v) is 7.14. The lowest BCUT2D eigenvalue weighted by Crippen LogP contribution is -2.54. The van der Waals surface area contributed by atoms with Crippen molar-refractivity contribution in [2.24, 2.45) is 5.92 Å². The van der Waals surface area contributed by atoms with Crippen molar-refractivity contribution in [1.29, 1.82) is 0 Å². The van der Waals surface area contributed by atoms with E-state index in [-0.39, 0.29) is 42.7 Å². The molecule has 7 nitrogen and oxygen atoms in total. The number of carbonyl (C=O) groups is 2. The van der Waals surface area contributed by atoms with Gasteiger partial charge in [-0.3, -0.25) is 4.79 Å². The van der Waals surface area contributed by atoms with E-state index in [1.54, 1.807) is 0 Å². The first kappa shape index (κ1) is 19.0. The summed E-state index contributed by atoms with van der Waals surface area (Å²) < 4.78 is 5.89. The van der Waals surface area contributed by atoms with Crippen LogP contribution in [0.1, 0.15) is 52.4 Å². The third kappa shape index (κ3) is 5.63. The summed E-state index contributed by atoms with van der Waals surface area (Å²) >= 11 is 0. The Morgan fingerprint density at radius 3 is 2.54 bits per heavy atom. The number of hydrogen-bond donors (Lipinski definition) is 4. The summed E-state index contributed by atoms with van der Waals surface area (Å²) in [6.07, 6.45) is 5.08. The molecular formula is C17H31N3O4. The molecule has 0 spiro atoms. The third-order valence-corrected chi connectivity index (χ3v) is 4.77. The van der Waals surface area contributed by atoms with Crippen molar-refractivity contribution in [3.05, 3.63) is 0 Å². The fourth-order valence-corrected chi connectivity index (χ4v) is 3.15. The fraction of sp³-hybridized carbons (Fsp3) is 0.882. The molecule has 0 bridgehead atoms. The van der Waals surface area contributed by atoms with Gasteiger partial charge in [0.1, 0.15) is 6.10 Å². The van der Waals surface area contributed by atoms with E-state index < -0.39 is 6.10 Å². The molecule has 24 heavy (non-hydrogen) atoms. The number of amides is 3. The first-order chi connectivity index (χ1) is 11.5. The Morgan fingerprint density at radius 2 is 1.96 bits per heavy atom. The molecule has 2 aliphatic rings. The number of urea groups is 1. The minimum Gasteiger partial charge on any atom is -0.394 e. The Labute approximate surface area is 143 Å². The Bertz CT molecular complexity index is 426. The topological polar surface area (TPSA) is 99.7 Å². The molecule has 7 heteroatoms. The van der Waals surface area contributed by atoms with Crippen LogP contribution in [0, 0.1) is 5.92 Å². The Balaban J connectivity index is 1.69. The van der Waals surface area contributed by atoms with Crippen LogP contribution in [0.15, 0.2) is 0 Å². The number of carbonyl (C=O) groups excluding carboxylic acids is 2. The first-order valence-corrected chi connectivity index (χ1v) is 9.10. The average molecular weight is 341 g/mol. The second-order valence-electron chi connectivity index (χ2n) is 7.14. The monoisotopic (exact) mass is 341 g/mol. The van der Waals surface area contributed by atoms with Gasteiger partial charge >= 0.3 is 6.03 Å². The highest BCUT2D eigenvalue weighted by Crippen LogP contribution is 2.26. The lowest BCUT2D eigenvalue weighted by atomic mass is 9.85. The van der Waals surface area contributed by atoms with Crippen LogP contribution in [0.2, 0.25) is 0 Å². The van der Waals surface area contributed by atoms with E-state index in [4.69, 9.17) is 4.74 Å². The molecule has 0 radical (unpaired) electrons. The van der Waals surface area contributed by atoms with Gasteiger partial charge in [-0.2, -0.15) is 0 Å². The largest absolute Gasteiger partial charge is 0.394 e. The standard InChI is InChI=1S/C17H31N3O4/c1-11(2)19-17(23)20-14-7-6-13(24-15(14)10-21)8-9-18-16(22)12-4-3-5-12/h11-15,21H,3-10H2,1-2H3,(H,18,22)(H2,19,20,23)/t13-,14-,15+/m0/s1. The molecule has 0 aromatic heterocycles. The van der Waals surface area contributed by atoms with Crippen LogP contribution in [0.5, 0.6) is 0 Å². The number of aliphatic hydroxyl groups is 1. The maximum Gasteiger partial charge on any atom is 0.315 e. The van der Waals surface area contributed by atoms with Gasteiger partial charge in [-0.1, -0.05) is 6.42 Å². The lowest BCUT2D eigenvalue weighted by Gasteiger charge is -2.36. The van der Waals surface area contributed by atoms with Crippen LogP contribution < -0.4 is 16.0 Å². The van der Waals surface area contributed by atoms with E-state index in [0.717, 1.165) is 38.5 Å². The van der Waals surface area contributed by atoms with E-state index >= 15 is 0 Å². The van der Waals surface area contributed by atoms with Crippen molar-refractivity contribution in [1.82, 2.24) is 16.0 Å². The second kappa shape index (κ2) is 9.22. The third-order valence-electron chi connectivity index (χ3n) is 4.77. The summed E-state index contributed by atoms with van der Waals surface area (Å²) in [4.78, 5) is 23.6. The van der Waals surface area contributed by atoms with E-state index in [1.807, 2.05) is 13.8 Å². The molecule has 0 unspecified atom stereocenters. The summed E-state index contributed by atoms with van der Waals surface area (Å²) in [6.45, 7) is 4.27. The molecule has 1 saturated carbocycles. The molecule has 1 aliphatic carbocycles. The van der Waals surface area contributed by atoms with E-state index in [9.17, 15) is 14.7 Å². The zero-order valence-electron chi connectivity index (χ0n) is 14.7. The number of hydrogen-bond acceptors (Lipinski definition) is 4. The number of rotatable bonds is 7. The highest BCUT2D eigenvalue weighted by molar-refractivity contribution is 5.79. The van der Waals surface area contributed by atoms with Crippen molar-refractivity contribution in [2.45, 2.75) is 76.7 Å². The van der Waals surface area contributed by atoms with Crippen LogP contribution in [0.3, 0.4) is 0 Å². The van der Waals surface area contributed by atoms with Crippen LogP contribution in [-0.4, -0.2) is 54.5 Å². The molecule has 2 fully saturated rings. The highest BCUT2D eigenvalue weighted by Gasteiger charge is 2.32. The van der Waals surface area contributed by atoms with Crippen LogP contribution in [0.4, 0.5) is 4.79 Å². The molecule has 0 aromatic rings. The van der Waals surface area contributed by atoms with Gasteiger partial charge < -0.3 is 25.8 Å². The zero-order chi connectivity index (χ0) is 17.5.